The first-order valence-electron chi connectivity index (χ1n) is 7.81. The highest BCUT2D eigenvalue weighted by atomic mass is 16.3. The Morgan fingerprint density at radius 2 is 1.48 bits per heavy atom. The molecule has 0 fully saturated rings. The third-order valence-electron chi connectivity index (χ3n) is 3.41. The zero-order chi connectivity index (χ0) is 16.3. The minimum absolute atomic E-state index is 0.0381. The number of ketones is 1. The molecule has 1 N–H and O–H groups in total. The number of aliphatic hydroxyl groups excluding tert-OH is 1. The molecule has 0 aliphatic rings. The number of carbonyl (C=O) groups excluding carboxylic acids is 1. The SMILES string of the molecule is O=C(/C=C/CCC[CH]/C=C(\O)c1ccccc1)c1ccccc1. The van der Waals surface area contributed by atoms with Gasteiger partial charge in [0.25, 0.3) is 0 Å². The Balaban J connectivity index is 1.66. The first kappa shape index (κ1) is 16.8. The Bertz CT molecular complexity index is 655. The topological polar surface area (TPSA) is 37.3 Å². The van der Waals surface area contributed by atoms with Gasteiger partial charge in [0.2, 0.25) is 0 Å². The smallest absolute Gasteiger partial charge is 0.185 e. The summed E-state index contributed by atoms with van der Waals surface area (Å²) >= 11 is 0. The number of carbonyl (C=O) groups is 1. The molecule has 0 aliphatic heterocycles. The first-order valence-corrected chi connectivity index (χ1v) is 7.81. The molecular formula is C21H21O2. The van der Waals surface area contributed by atoms with E-state index in [0.717, 1.165) is 24.8 Å². The summed E-state index contributed by atoms with van der Waals surface area (Å²) in [6, 6.07) is 18.7. The molecule has 23 heavy (non-hydrogen) atoms. The van der Waals surface area contributed by atoms with Crippen molar-refractivity contribution in [2.45, 2.75) is 19.3 Å². The second-order valence-electron chi connectivity index (χ2n) is 5.22. The van der Waals surface area contributed by atoms with Gasteiger partial charge in [0.1, 0.15) is 5.76 Å². The van der Waals surface area contributed by atoms with E-state index in [9.17, 15) is 9.90 Å². The van der Waals surface area contributed by atoms with Gasteiger partial charge in [-0.1, -0.05) is 66.7 Å². The van der Waals surface area contributed by atoms with Crippen molar-refractivity contribution in [3.63, 3.8) is 0 Å². The van der Waals surface area contributed by atoms with Crippen LogP contribution in [0.2, 0.25) is 0 Å². The average molecular weight is 305 g/mol. The lowest BCUT2D eigenvalue weighted by Gasteiger charge is -1.99. The molecule has 2 nitrogen and oxygen atoms in total. The van der Waals surface area contributed by atoms with E-state index in [1.54, 1.807) is 12.2 Å². The Labute approximate surface area is 137 Å². The highest BCUT2D eigenvalue weighted by molar-refractivity contribution is 6.04. The van der Waals surface area contributed by atoms with Gasteiger partial charge >= 0.3 is 0 Å². The van der Waals surface area contributed by atoms with E-state index in [4.69, 9.17) is 0 Å². The van der Waals surface area contributed by atoms with Crippen LogP contribution in [0.25, 0.3) is 5.76 Å². The van der Waals surface area contributed by atoms with Gasteiger partial charge in [0.15, 0.2) is 5.78 Å². The normalized spacial score (nSPS) is 11.7. The third-order valence-corrected chi connectivity index (χ3v) is 3.41. The highest BCUT2D eigenvalue weighted by Crippen LogP contribution is 2.12. The first-order chi connectivity index (χ1) is 11.3. The quantitative estimate of drug-likeness (QED) is 0.307. The molecule has 0 bridgehead atoms. The third kappa shape index (κ3) is 5.95. The van der Waals surface area contributed by atoms with Crippen molar-refractivity contribution in [1.82, 2.24) is 0 Å². The number of unbranched alkanes of at least 4 members (excludes halogenated alkanes) is 3. The van der Waals surface area contributed by atoms with E-state index in [1.165, 1.54) is 0 Å². The van der Waals surface area contributed by atoms with Crippen molar-refractivity contribution < 1.29 is 9.90 Å². The standard InChI is InChI=1S/C21H21O2/c22-20(18-12-6-4-7-13-18)16-10-2-1-3-11-17-21(23)19-14-8-5-9-15-19/h4-17,22H,1-3H2/b17-11+,20-16-. The Kier molecular flexibility index (Phi) is 6.86. The summed E-state index contributed by atoms with van der Waals surface area (Å²) in [5, 5.41) is 9.89. The van der Waals surface area contributed by atoms with Crippen LogP contribution in [0.15, 0.2) is 78.9 Å². The summed E-state index contributed by atoms with van der Waals surface area (Å²) in [4.78, 5) is 11.8. The van der Waals surface area contributed by atoms with Crippen LogP contribution in [0.5, 0.6) is 0 Å². The van der Waals surface area contributed by atoms with Crippen molar-refractivity contribution in [3.05, 3.63) is 96.4 Å². The Morgan fingerprint density at radius 3 is 2.13 bits per heavy atom. The van der Waals surface area contributed by atoms with Crippen molar-refractivity contribution in [3.8, 4) is 0 Å². The minimum Gasteiger partial charge on any atom is -0.508 e. The van der Waals surface area contributed by atoms with Crippen molar-refractivity contribution in [1.29, 1.82) is 0 Å². The molecule has 0 aliphatic carbocycles. The fraction of sp³-hybridized carbons (Fsp3) is 0.143. The van der Waals surface area contributed by atoms with Crippen LogP contribution < -0.4 is 0 Å². The largest absolute Gasteiger partial charge is 0.508 e. The molecule has 0 unspecified atom stereocenters. The van der Waals surface area contributed by atoms with Gasteiger partial charge in [-0.05, 0) is 37.8 Å². The van der Waals surface area contributed by atoms with E-state index in [1.807, 2.05) is 73.2 Å². The van der Waals surface area contributed by atoms with Gasteiger partial charge in [-0.15, -0.1) is 0 Å². The van der Waals surface area contributed by atoms with E-state index in [2.05, 4.69) is 0 Å². The number of hydrogen-bond donors (Lipinski definition) is 1. The second-order valence-corrected chi connectivity index (χ2v) is 5.22. The molecule has 0 heterocycles. The highest BCUT2D eigenvalue weighted by Gasteiger charge is 1.99. The molecule has 2 aromatic rings. The van der Waals surface area contributed by atoms with Gasteiger partial charge in [-0.2, -0.15) is 0 Å². The van der Waals surface area contributed by atoms with Crippen molar-refractivity contribution >= 4 is 11.5 Å². The molecule has 117 valence electrons. The van der Waals surface area contributed by atoms with Crippen LogP contribution in [0.4, 0.5) is 0 Å². The summed E-state index contributed by atoms with van der Waals surface area (Å²) < 4.78 is 0. The second kappa shape index (κ2) is 9.42. The molecule has 0 spiro atoms. The summed E-state index contributed by atoms with van der Waals surface area (Å²) in [5.74, 6) is 0.316. The van der Waals surface area contributed by atoms with E-state index >= 15 is 0 Å². The molecule has 0 atom stereocenters. The fourth-order valence-electron chi connectivity index (χ4n) is 2.14. The Morgan fingerprint density at radius 1 is 0.870 bits per heavy atom. The molecule has 0 saturated carbocycles. The maximum Gasteiger partial charge on any atom is 0.185 e. The number of allylic oxidation sites excluding steroid dienone is 3. The maximum atomic E-state index is 11.8. The van der Waals surface area contributed by atoms with Crippen molar-refractivity contribution in [2.24, 2.45) is 0 Å². The molecule has 2 aromatic carbocycles. The lowest BCUT2D eigenvalue weighted by molar-refractivity contribution is 0.104. The van der Waals surface area contributed by atoms with E-state index < -0.39 is 0 Å². The molecule has 2 rings (SSSR count). The minimum atomic E-state index is 0.0381. The summed E-state index contributed by atoms with van der Waals surface area (Å²) in [6.45, 7) is 0. The number of rotatable bonds is 8. The number of benzene rings is 2. The van der Waals surface area contributed by atoms with Gasteiger partial charge in [0, 0.05) is 11.1 Å². The van der Waals surface area contributed by atoms with E-state index in [0.29, 0.717) is 5.56 Å². The van der Waals surface area contributed by atoms with Gasteiger partial charge in [0.05, 0.1) is 0 Å². The number of aliphatic hydroxyl groups is 1. The predicted molar refractivity (Wildman–Crippen MR) is 95.1 cm³/mol. The monoisotopic (exact) mass is 305 g/mol. The van der Waals surface area contributed by atoms with Gasteiger partial charge in [-0.3, -0.25) is 4.79 Å². The van der Waals surface area contributed by atoms with Gasteiger partial charge < -0.3 is 5.11 Å². The van der Waals surface area contributed by atoms with Crippen LogP contribution in [-0.4, -0.2) is 10.9 Å². The van der Waals surface area contributed by atoms with Crippen LogP contribution in [0.1, 0.15) is 35.2 Å². The maximum absolute atomic E-state index is 11.8. The average Bonchev–Trinajstić information content (AvgIpc) is 2.62. The molecule has 2 heteroatoms. The van der Waals surface area contributed by atoms with Crippen LogP contribution in [0, 0.1) is 6.42 Å². The van der Waals surface area contributed by atoms with Crippen molar-refractivity contribution in [2.75, 3.05) is 0 Å². The zero-order valence-electron chi connectivity index (χ0n) is 13.1. The Hall–Kier alpha value is -2.61. The molecule has 0 aromatic heterocycles. The predicted octanol–water partition coefficient (Wildman–Crippen LogP) is 5.40. The fourth-order valence-corrected chi connectivity index (χ4v) is 2.14. The molecular weight excluding hydrogens is 284 g/mol. The molecule has 0 amide bonds. The zero-order valence-corrected chi connectivity index (χ0v) is 13.1. The van der Waals surface area contributed by atoms with Crippen LogP contribution >= 0.6 is 0 Å². The summed E-state index contributed by atoms with van der Waals surface area (Å²) in [5.41, 5.74) is 1.53. The summed E-state index contributed by atoms with van der Waals surface area (Å²) in [6.07, 6.45) is 9.87. The van der Waals surface area contributed by atoms with Crippen LogP contribution in [0.3, 0.4) is 0 Å². The lowest BCUT2D eigenvalue weighted by Crippen LogP contribution is -1.92. The van der Waals surface area contributed by atoms with Crippen LogP contribution in [-0.2, 0) is 0 Å². The van der Waals surface area contributed by atoms with E-state index in [-0.39, 0.29) is 11.5 Å². The van der Waals surface area contributed by atoms with Gasteiger partial charge in [-0.25, -0.2) is 0 Å². The molecule has 1 radical (unpaired) electrons. The lowest BCUT2D eigenvalue weighted by atomic mass is 10.1. The number of hydrogen-bond acceptors (Lipinski definition) is 2. The summed E-state index contributed by atoms with van der Waals surface area (Å²) in [7, 11) is 0. The molecule has 0 saturated heterocycles.